The summed E-state index contributed by atoms with van der Waals surface area (Å²) in [4.78, 5) is 26.3. The van der Waals surface area contributed by atoms with Crippen molar-refractivity contribution in [3.63, 3.8) is 0 Å². The van der Waals surface area contributed by atoms with Crippen LogP contribution in [0.5, 0.6) is 5.75 Å². The number of nitrogens with two attached hydrogens (primary N) is 1. The molecule has 0 radical (unpaired) electrons. The van der Waals surface area contributed by atoms with Crippen molar-refractivity contribution in [1.82, 2.24) is 33.6 Å². The van der Waals surface area contributed by atoms with Crippen molar-refractivity contribution in [2.24, 2.45) is 7.05 Å². The fraction of sp³-hybridized carbons (Fsp3) is 0.407. The molecule has 5 heterocycles. The van der Waals surface area contributed by atoms with E-state index < -0.39 is 22.4 Å². The topological polar surface area (TPSA) is 142 Å². The van der Waals surface area contributed by atoms with E-state index >= 15 is 0 Å². The molecule has 0 saturated carbocycles. The molecule has 13 nitrogen and oxygen atoms in total. The number of imidazole rings is 1. The molecule has 1 aliphatic rings. The van der Waals surface area contributed by atoms with Gasteiger partial charge in [-0.1, -0.05) is 0 Å². The summed E-state index contributed by atoms with van der Waals surface area (Å²) in [6.07, 6.45) is 3.62. The number of ether oxygens (including phenoxy) is 1. The Bertz CT molecular complexity index is 1860. The zero-order chi connectivity index (χ0) is 30.2. The molecule has 16 heteroatoms. The highest BCUT2D eigenvalue weighted by atomic mass is 32.2. The molecule has 43 heavy (non-hydrogen) atoms. The van der Waals surface area contributed by atoms with Crippen LogP contribution in [0.2, 0.25) is 0 Å². The van der Waals surface area contributed by atoms with Crippen LogP contribution in [0.1, 0.15) is 6.42 Å². The Kier molecular flexibility index (Phi) is 7.87. The predicted octanol–water partition coefficient (Wildman–Crippen LogP) is 1.87. The Labute approximate surface area is 246 Å². The number of fused-ring (bicyclic) bond motifs is 3. The standard InChI is InChI=1S/C27H31F2N9O4S/c1-34-22-24(32-26(30)38-25(22)31-23(33-38)20-5-3-12-41-20)37(27(34)39)11-8-35-6-9-36(10-7-35)19-16-21(18(29)15-17(19)28)42-13-4-14-43(2)40/h3,5,12,15-16H,4,6-11,13-14H2,1-2H3,(H2,30,32)/t43-/m0/s1. The minimum atomic E-state index is -0.962. The first kappa shape index (κ1) is 28.8. The number of aryl methyl sites for hydroxylation is 1. The van der Waals surface area contributed by atoms with Crippen LogP contribution in [0, 0.1) is 11.6 Å². The number of benzene rings is 1. The molecule has 1 aromatic carbocycles. The fourth-order valence-electron chi connectivity index (χ4n) is 5.27. The maximum atomic E-state index is 14.7. The number of aromatic nitrogens is 6. The van der Waals surface area contributed by atoms with Gasteiger partial charge in [0.1, 0.15) is 11.3 Å². The zero-order valence-corrected chi connectivity index (χ0v) is 24.5. The number of anilines is 2. The first-order chi connectivity index (χ1) is 20.7. The lowest BCUT2D eigenvalue weighted by Crippen LogP contribution is -2.47. The van der Waals surface area contributed by atoms with E-state index in [1.54, 1.807) is 30.0 Å². The van der Waals surface area contributed by atoms with E-state index in [0.29, 0.717) is 79.8 Å². The molecule has 2 N–H and O–H groups in total. The van der Waals surface area contributed by atoms with Gasteiger partial charge in [0.25, 0.3) is 0 Å². The Morgan fingerprint density at radius 1 is 1.09 bits per heavy atom. The van der Waals surface area contributed by atoms with E-state index in [0.717, 1.165) is 6.07 Å². The first-order valence-electron chi connectivity index (χ1n) is 13.8. The number of hydrogen-bond donors (Lipinski definition) is 1. The van der Waals surface area contributed by atoms with Crippen molar-refractivity contribution in [3.8, 4) is 17.3 Å². The zero-order valence-electron chi connectivity index (χ0n) is 23.7. The Morgan fingerprint density at radius 3 is 2.60 bits per heavy atom. The van der Waals surface area contributed by atoms with Crippen molar-refractivity contribution in [2.45, 2.75) is 13.0 Å². The van der Waals surface area contributed by atoms with Crippen LogP contribution in [0.25, 0.3) is 28.4 Å². The van der Waals surface area contributed by atoms with Gasteiger partial charge in [-0.3, -0.25) is 18.2 Å². The SMILES string of the molecule is Cn1c(=O)n(CCN2CCN(c3cc(OCCC[S@](C)=O)c(F)cc3F)CC2)c2nc(N)n3nc(-c4ccco4)nc3c21. The minimum absolute atomic E-state index is 0.0270. The summed E-state index contributed by atoms with van der Waals surface area (Å²) in [7, 11) is 0.690. The van der Waals surface area contributed by atoms with Gasteiger partial charge in [0.15, 0.2) is 28.6 Å². The molecule has 0 bridgehead atoms. The quantitative estimate of drug-likeness (QED) is 0.232. The van der Waals surface area contributed by atoms with E-state index in [1.165, 1.54) is 21.4 Å². The van der Waals surface area contributed by atoms with Gasteiger partial charge in [-0.25, -0.2) is 18.6 Å². The number of nitrogen functional groups attached to an aromatic ring is 1. The van der Waals surface area contributed by atoms with Gasteiger partial charge in [0.2, 0.25) is 11.8 Å². The third-order valence-corrected chi connectivity index (χ3v) is 8.37. The number of nitrogens with zero attached hydrogens (tertiary/aromatic N) is 8. The monoisotopic (exact) mass is 615 g/mol. The summed E-state index contributed by atoms with van der Waals surface area (Å²) >= 11 is 0. The third-order valence-electron chi connectivity index (χ3n) is 7.51. The highest BCUT2D eigenvalue weighted by Crippen LogP contribution is 2.29. The van der Waals surface area contributed by atoms with Crippen LogP contribution < -0.4 is 21.1 Å². The molecule has 0 unspecified atom stereocenters. The molecule has 1 aliphatic heterocycles. The van der Waals surface area contributed by atoms with Gasteiger partial charge < -0.3 is 19.8 Å². The van der Waals surface area contributed by atoms with Crippen molar-refractivity contribution < 1.29 is 22.1 Å². The average molecular weight is 616 g/mol. The van der Waals surface area contributed by atoms with Gasteiger partial charge >= 0.3 is 5.69 Å². The van der Waals surface area contributed by atoms with E-state index in [2.05, 4.69) is 20.0 Å². The second kappa shape index (κ2) is 11.8. The Hall–Kier alpha value is -4.31. The lowest BCUT2D eigenvalue weighted by atomic mass is 10.2. The normalized spacial score (nSPS) is 15.1. The summed E-state index contributed by atoms with van der Waals surface area (Å²) in [5.41, 5.74) is 7.52. The fourth-order valence-corrected chi connectivity index (χ4v) is 5.79. The maximum absolute atomic E-state index is 14.7. The number of halogens is 2. The highest BCUT2D eigenvalue weighted by molar-refractivity contribution is 7.84. The minimum Gasteiger partial charge on any atom is -0.490 e. The predicted molar refractivity (Wildman–Crippen MR) is 158 cm³/mol. The molecule has 0 spiro atoms. The van der Waals surface area contributed by atoms with E-state index in [1.807, 2.05) is 4.90 Å². The number of rotatable bonds is 10. The number of hydrogen-bond acceptors (Lipinski definition) is 10. The molecule has 4 aromatic heterocycles. The van der Waals surface area contributed by atoms with Gasteiger partial charge in [-0.2, -0.15) is 9.50 Å². The summed E-state index contributed by atoms with van der Waals surface area (Å²) in [6, 6.07) is 5.69. The summed E-state index contributed by atoms with van der Waals surface area (Å²) < 4.78 is 55.7. The molecule has 228 valence electrons. The molecular formula is C27H31F2N9O4S. The largest absolute Gasteiger partial charge is 0.490 e. The van der Waals surface area contributed by atoms with E-state index in [9.17, 15) is 17.8 Å². The van der Waals surface area contributed by atoms with Crippen LogP contribution in [-0.4, -0.2) is 89.2 Å². The van der Waals surface area contributed by atoms with Gasteiger partial charge in [0, 0.05) is 81.3 Å². The molecule has 0 aliphatic carbocycles. The van der Waals surface area contributed by atoms with E-state index in [-0.39, 0.29) is 29.7 Å². The van der Waals surface area contributed by atoms with Gasteiger partial charge in [-0.05, 0) is 18.6 Å². The Balaban J connectivity index is 1.14. The van der Waals surface area contributed by atoms with Crippen LogP contribution in [0.3, 0.4) is 0 Å². The molecule has 5 aromatic rings. The molecule has 1 atom stereocenters. The van der Waals surface area contributed by atoms with Gasteiger partial charge in [-0.15, -0.1) is 5.10 Å². The number of furan rings is 1. The maximum Gasteiger partial charge on any atom is 0.330 e. The van der Waals surface area contributed by atoms with Crippen LogP contribution in [-0.2, 0) is 24.4 Å². The second-order valence-corrected chi connectivity index (χ2v) is 11.9. The molecular weight excluding hydrogens is 584 g/mol. The average Bonchev–Trinajstić information content (AvgIpc) is 3.71. The first-order valence-corrected chi connectivity index (χ1v) is 15.5. The van der Waals surface area contributed by atoms with Crippen LogP contribution in [0.15, 0.2) is 39.7 Å². The lowest BCUT2D eigenvalue weighted by molar-refractivity contribution is 0.247. The van der Waals surface area contributed by atoms with Gasteiger partial charge in [0.05, 0.1) is 18.6 Å². The summed E-state index contributed by atoms with van der Waals surface area (Å²) in [5, 5.41) is 4.40. The molecule has 0 amide bonds. The Morgan fingerprint density at radius 2 is 1.88 bits per heavy atom. The molecule has 6 rings (SSSR count). The third kappa shape index (κ3) is 5.59. The molecule has 1 saturated heterocycles. The van der Waals surface area contributed by atoms with Crippen molar-refractivity contribution in [3.05, 3.63) is 52.6 Å². The number of piperazine rings is 1. The highest BCUT2D eigenvalue weighted by Gasteiger charge is 2.24. The lowest BCUT2D eigenvalue weighted by Gasteiger charge is -2.36. The van der Waals surface area contributed by atoms with Crippen LogP contribution >= 0.6 is 0 Å². The summed E-state index contributed by atoms with van der Waals surface area (Å²) in [5.74, 6) is -0.123. The van der Waals surface area contributed by atoms with E-state index in [4.69, 9.17) is 14.9 Å². The second-order valence-electron chi connectivity index (χ2n) is 10.3. The van der Waals surface area contributed by atoms with Crippen molar-refractivity contribution in [1.29, 1.82) is 0 Å². The van der Waals surface area contributed by atoms with Crippen LogP contribution in [0.4, 0.5) is 20.4 Å². The summed E-state index contributed by atoms with van der Waals surface area (Å²) in [6.45, 7) is 3.30. The van der Waals surface area contributed by atoms with Crippen molar-refractivity contribution >= 4 is 39.2 Å². The van der Waals surface area contributed by atoms with Crippen molar-refractivity contribution in [2.75, 3.05) is 62.0 Å². The molecule has 1 fully saturated rings. The smallest absolute Gasteiger partial charge is 0.330 e.